The maximum absolute atomic E-state index is 12.0. The number of amides is 4. The van der Waals surface area contributed by atoms with Gasteiger partial charge < -0.3 is 24.1 Å². The van der Waals surface area contributed by atoms with Crippen molar-refractivity contribution in [2.24, 2.45) is 23.7 Å². The number of nitrogens with zero attached hydrogens (tertiary/aromatic N) is 1. The van der Waals surface area contributed by atoms with Crippen LogP contribution in [0.2, 0.25) is 0 Å². The number of aliphatic hydroxyl groups excluding tert-OH is 1. The normalized spacial score (nSPS) is 38.2. The minimum absolute atomic E-state index is 0.107. The summed E-state index contributed by atoms with van der Waals surface area (Å²) in [6.07, 6.45) is 6.79. The highest BCUT2D eigenvalue weighted by atomic mass is 16.5. The summed E-state index contributed by atoms with van der Waals surface area (Å²) in [5, 5.41) is 10.3. The molecule has 6 rings (SSSR count). The lowest BCUT2D eigenvalue weighted by atomic mass is 9.85. The Bertz CT molecular complexity index is 812. The molecule has 4 amide bonds. The second-order valence-electron chi connectivity index (χ2n) is 8.39. The van der Waals surface area contributed by atoms with Crippen molar-refractivity contribution in [1.82, 2.24) is 10.2 Å². The zero-order chi connectivity index (χ0) is 23.7. The number of likely N-dealkylation sites (tertiary alicyclic amines) is 1. The van der Waals surface area contributed by atoms with Crippen LogP contribution in [0.3, 0.4) is 0 Å². The first-order valence-corrected chi connectivity index (χ1v) is 10.9. The summed E-state index contributed by atoms with van der Waals surface area (Å²) in [4.78, 5) is 47.8. The van der Waals surface area contributed by atoms with E-state index in [1.165, 1.54) is 4.90 Å². The van der Waals surface area contributed by atoms with Gasteiger partial charge in [-0.25, -0.2) is 0 Å². The SMILES string of the molecule is COCCN1C(=O)C2C3C=CC(O3)C2C1=O.COCCO.O=C1NC(=O)C2C3C=CC(O3)C12. The average Bonchev–Trinajstić information content (AvgIpc) is 3.63. The first-order chi connectivity index (χ1) is 15.9. The highest BCUT2D eigenvalue weighted by Gasteiger charge is 2.60. The van der Waals surface area contributed by atoms with E-state index in [9.17, 15) is 19.2 Å². The zero-order valence-electron chi connectivity index (χ0n) is 18.4. The van der Waals surface area contributed by atoms with Crippen LogP contribution in [-0.4, -0.2) is 98.6 Å². The molecule has 0 saturated carbocycles. The maximum atomic E-state index is 12.0. The number of carbonyl (C=O) groups excluding carboxylic acids is 4. The van der Waals surface area contributed by atoms with Crippen LogP contribution < -0.4 is 5.32 Å². The van der Waals surface area contributed by atoms with Gasteiger partial charge in [0.05, 0.1) is 74.5 Å². The van der Waals surface area contributed by atoms with E-state index in [1.807, 2.05) is 24.3 Å². The number of carbonyl (C=O) groups is 4. The highest BCUT2D eigenvalue weighted by Crippen LogP contribution is 2.45. The van der Waals surface area contributed by atoms with E-state index in [0.717, 1.165) is 0 Å². The van der Waals surface area contributed by atoms with Crippen molar-refractivity contribution in [1.29, 1.82) is 0 Å². The van der Waals surface area contributed by atoms with Gasteiger partial charge in [-0.15, -0.1) is 0 Å². The molecule has 0 aliphatic carbocycles. The molecule has 0 aromatic heterocycles. The summed E-state index contributed by atoms with van der Waals surface area (Å²) in [6, 6.07) is 0. The van der Waals surface area contributed by atoms with Gasteiger partial charge in [-0.3, -0.25) is 29.4 Å². The molecule has 180 valence electrons. The van der Waals surface area contributed by atoms with Gasteiger partial charge in [0.25, 0.3) is 0 Å². The summed E-state index contributed by atoms with van der Waals surface area (Å²) in [5.74, 6) is -1.67. The molecule has 0 aromatic rings. The summed E-state index contributed by atoms with van der Waals surface area (Å²) in [7, 11) is 3.11. The number of imide groups is 2. The van der Waals surface area contributed by atoms with Crippen molar-refractivity contribution in [2.75, 3.05) is 40.6 Å². The number of rotatable bonds is 5. The molecule has 6 aliphatic heterocycles. The standard InChI is InChI=1S/C11H13NO4.C8H7NO3.C3H8O2/c1-15-5-4-12-10(13)8-6-2-3-7(16-6)9(8)11(12)14;10-7-5-3-1-2-4(12-3)6(5)8(11)9-7;1-5-3-2-4/h2-3,6-9H,4-5H2,1H3;1-6H,(H,9,10,11);4H,2-3H2,1H3. The summed E-state index contributed by atoms with van der Waals surface area (Å²) >= 11 is 0. The molecule has 33 heavy (non-hydrogen) atoms. The Balaban J connectivity index is 0.000000135. The molecule has 0 spiro atoms. The van der Waals surface area contributed by atoms with Crippen molar-refractivity contribution < 1.29 is 43.2 Å². The van der Waals surface area contributed by atoms with Crippen LogP contribution in [0.15, 0.2) is 24.3 Å². The van der Waals surface area contributed by atoms with Gasteiger partial charge >= 0.3 is 0 Å². The third kappa shape index (κ3) is 4.15. The van der Waals surface area contributed by atoms with Crippen LogP contribution in [0, 0.1) is 23.7 Å². The van der Waals surface area contributed by atoms with Crippen molar-refractivity contribution in [2.45, 2.75) is 24.4 Å². The predicted octanol–water partition coefficient (Wildman–Crippen LogP) is -1.59. The number of fused-ring (bicyclic) bond motifs is 10. The summed E-state index contributed by atoms with van der Waals surface area (Å²) in [5.41, 5.74) is 0. The Labute approximate surface area is 190 Å². The molecule has 4 bridgehead atoms. The van der Waals surface area contributed by atoms with E-state index < -0.39 is 0 Å². The van der Waals surface area contributed by atoms with Crippen LogP contribution in [-0.2, 0) is 38.1 Å². The van der Waals surface area contributed by atoms with Crippen LogP contribution in [0.4, 0.5) is 0 Å². The molecular weight excluding hydrogens is 436 g/mol. The van der Waals surface area contributed by atoms with E-state index >= 15 is 0 Å². The first-order valence-electron chi connectivity index (χ1n) is 10.9. The molecule has 4 fully saturated rings. The summed E-state index contributed by atoms with van der Waals surface area (Å²) < 4.78 is 20.2. The van der Waals surface area contributed by atoms with Gasteiger partial charge in [-0.2, -0.15) is 0 Å². The second kappa shape index (κ2) is 9.82. The number of hydrogen-bond acceptors (Lipinski definition) is 9. The molecule has 6 heterocycles. The van der Waals surface area contributed by atoms with E-state index in [2.05, 4.69) is 10.1 Å². The lowest BCUT2D eigenvalue weighted by Crippen LogP contribution is -2.36. The molecule has 0 radical (unpaired) electrons. The van der Waals surface area contributed by atoms with Crippen LogP contribution >= 0.6 is 0 Å². The van der Waals surface area contributed by atoms with Gasteiger partial charge in [0.1, 0.15) is 0 Å². The lowest BCUT2D eigenvalue weighted by molar-refractivity contribution is -0.143. The predicted molar refractivity (Wildman–Crippen MR) is 110 cm³/mol. The second-order valence-corrected chi connectivity index (χ2v) is 8.39. The van der Waals surface area contributed by atoms with Crippen molar-refractivity contribution in [3.05, 3.63) is 24.3 Å². The maximum Gasteiger partial charge on any atom is 0.236 e. The minimum Gasteiger partial charge on any atom is -0.394 e. The third-order valence-electron chi connectivity index (χ3n) is 6.57. The van der Waals surface area contributed by atoms with Crippen molar-refractivity contribution in [3.8, 4) is 0 Å². The van der Waals surface area contributed by atoms with Crippen LogP contribution in [0.1, 0.15) is 0 Å². The first kappa shape index (κ1) is 23.7. The highest BCUT2D eigenvalue weighted by molar-refractivity contribution is 6.07. The number of methoxy groups -OCH3 is 2. The number of aliphatic hydroxyl groups is 1. The van der Waals surface area contributed by atoms with Crippen LogP contribution in [0.25, 0.3) is 0 Å². The van der Waals surface area contributed by atoms with E-state index in [0.29, 0.717) is 19.8 Å². The minimum atomic E-state index is -0.292. The van der Waals surface area contributed by atoms with Gasteiger partial charge in [-0.1, -0.05) is 24.3 Å². The largest absolute Gasteiger partial charge is 0.394 e. The Hall–Kier alpha value is -2.44. The Morgan fingerprint density at radius 2 is 1.21 bits per heavy atom. The van der Waals surface area contributed by atoms with E-state index in [1.54, 1.807) is 14.2 Å². The van der Waals surface area contributed by atoms with E-state index in [-0.39, 0.29) is 78.3 Å². The lowest BCUT2D eigenvalue weighted by Gasteiger charge is -2.16. The fraction of sp³-hybridized carbons (Fsp3) is 0.636. The molecule has 4 saturated heterocycles. The number of ether oxygens (including phenoxy) is 4. The molecule has 8 unspecified atom stereocenters. The summed E-state index contributed by atoms with van der Waals surface area (Å²) in [6.45, 7) is 1.30. The molecular formula is C22H28N2O9. The van der Waals surface area contributed by atoms with Gasteiger partial charge in [0.15, 0.2) is 0 Å². The number of nitrogens with one attached hydrogen (secondary N) is 1. The zero-order valence-corrected chi connectivity index (χ0v) is 18.4. The number of hydrogen-bond donors (Lipinski definition) is 2. The molecule has 0 aromatic carbocycles. The monoisotopic (exact) mass is 464 g/mol. The third-order valence-corrected chi connectivity index (χ3v) is 6.57. The molecule has 2 N–H and O–H groups in total. The Morgan fingerprint density at radius 1 is 0.788 bits per heavy atom. The topological polar surface area (TPSA) is 141 Å². The fourth-order valence-corrected chi connectivity index (χ4v) is 5.08. The van der Waals surface area contributed by atoms with Gasteiger partial charge in [0, 0.05) is 14.2 Å². The quantitative estimate of drug-likeness (QED) is 0.364. The van der Waals surface area contributed by atoms with Crippen molar-refractivity contribution in [3.63, 3.8) is 0 Å². The molecule has 8 atom stereocenters. The fourth-order valence-electron chi connectivity index (χ4n) is 5.08. The van der Waals surface area contributed by atoms with Gasteiger partial charge in [0.2, 0.25) is 23.6 Å². The van der Waals surface area contributed by atoms with Crippen LogP contribution in [0.5, 0.6) is 0 Å². The Kier molecular flexibility index (Phi) is 7.05. The smallest absolute Gasteiger partial charge is 0.236 e. The van der Waals surface area contributed by atoms with Gasteiger partial charge in [-0.05, 0) is 0 Å². The Morgan fingerprint density at radius 3 is 1.58 bits per heavy atom. The molecule has 11 nitrogen and oxygen atoms in total. The molecule has 11 heteroatoms. The van der Waals surface area contributed by atoms with E-state index in [4.69, 9.17) is 19.3 Å². The average molecular weight is 464 g/mol. The molecule has 6 aliphatic rings. The van der Waals surface area contributed by atoms with Crippen molar-refractivity contribution >= 4 is 23.6 Å².